The van der Waals surface area contributed by atoms with Gasteiger partial charge in [-0.15, -0.1) is 11.6 Å². The van der Waals surface area contributed by atoms with Crippen molar-refractivity contribution in [3.05, 3.63) is 142 Å². The number of rotatable bonds is 16. The standard InChI is InChI=1S/C39H47ClO2/c1-4-33(35-17-11-30(26-40)12-18-35)24-39(37-19-13-31(27-41)14-20-37)25-38(23-29(3)34-9-7-6-8-10-34)36-21-15-32(16-22-36)28-42-5-2/h6-22,29,33,38-39,41H,4-5,23-28H2,1-3H3. The molecule has 4 aromatic rings. The first-order chi connectivity index (χ1) is 20.5. The van der Waals surface area contributed by atoms with Crippen LogP contribution in [0.3, 0.4) is 0 Å². The Labute approximate surface area is 258 Å². The SMILES string of the molecule is CCOCc1ccc(C(CC(C)c2ccccc2)CC(CC(CC)c2ccc(CCl)cc2)c2ccc(CO)cc2)cc1. The highest BCUT2D eigenvalue weighted by Crippen LogP contribution is 2.42. The molecule has 4 aromatic carbocycles. The van der Waals surface area contributed by atoms with Gasteiger partial charge in [0.2, 0.25) is 0 Å². The van der Waals surface area contributed by atoms with E-state index in [4.69, 9.17) is 16.3 Å². The maximum atomic E-state index is 9.70. The molecule has 0 saturated carbocycles. The van der Waals surface area contributed by atoms with E-state index in [9.17, 15) is 5.11 Å². The second-order valence-electron chi connectivity index (χ2n) is 11.7. The molecule has 0 radical (unpaired) electrons. The van der Waals surface area contributed by atoms with Crippen LogP contribution in [-0.2, 0) is 23.8 Å². The summed E-state index contributed by atoms with van der Waals surface area (Å²) in [6.07, 6.45) is 4.31. The Morgan fingerprint density at radius 3 is 1.62 bits per heavy atom. The quantitative estimate of drug-likeness (QED) is 0.133. The van der Waals surface area contributed by atoms with E-state index >= 15 is 0 Å². The Morgan fingerprint density at radius 1 is 0.595 bits per heavy atom. The lowest BCUT2D eigenvalue weighted by Crippen LogP contribution is -2.13. The normalized spacial score (nSPS) is 14.3. The maximum Gasteiger partial charge on any atom is 0.0716 e. The van der Waals surface area contributed by atoms with E-state index < -0.39 is 0 Å². The van der Waals surface area contributed by atoms with Gasteiger partial charge in [0.1, 0.15) is 0 Å². The van der Waals surface area contributed by atoms with Gasteiger partial charge in [-0.05, 0) is 95.2 Å². The molecule has 0 aliphatic rings. The third-order valence-electron chi connectivity index (χ3n) is 8.80. The summed E-state index contributed by atoms with van der Waals surface area (Å²) in [6.45, 7) is 8.16. The van der Waals surface area contributed by atoms with Crippen molar-refractivity contribution in [3.8, 4) is 0 Å². The molecule has 2 nitrogen and oxygen atoms in total. The van der Waals surface area contributed by atoms with Crippen molar-refractivity contribution < 1.29 is 9.84 Å². The Balaban J connectivity index is 1.66. The number of benzene rings is 4. The topological polar surface area (TPSA) is 29.5 Å². The molecule has 4 unspecified atom stereocenters. The van der Waals surface area contributed by atoms with Gasteiger partial charge in [0, 0.05) is 12.5 Å². The van der Waals surface area contributed by atoms with E-state index in [2.05, 4.69) is 117 Å². The molecular weight excluding hydrogens is 536 g/mol. The minimum atomic E-state index is 0.0702. The molecule has 222 valence electrons. The van der Waals surface area contributed by atoms with Gasteiger partial charge < -0.3 is 9.84 Å². The molecule has 42 heavy (non-hydrogen) atoms. The molecule has 1 N–H and O–H groups in total. The Morgan fingerprint density at radius 2 is 1.10 bits per heavy atom. The fourth-order valence-electron chi connectivity index (χ4n) is 6.19. The van der Waals surface area contributed by atoms with Crippen LogP contribution in [0.15, 0.2) is 103 Å². The molecule has 0 bridgehead atoms. The second kappa shape index (κ2) is 16.7. The summed E-state index contributed by atoms with van der Waals surface area (Å²) in [5.41, 5.74) is 8.87. The second-order valence-corrected chi connectivity index (χ2v) is 11.9. The van der Waals surface area contributed by atoms with Crippen molar-refractivity contribution in [2.75, 3.05) is 6.61 Å². The minimum Gasteiger partial charge on any atom is -0.392 e. The highest BCUT2D eigenvalue weighted by molar-refractivity contribution is 6.17. The molecule has 0 saturated heterocycles. The predicted molar refractivity (Wildman–Crippen MR) is 177 cm³/mol. The Hall–Kier alpha value is -2.91. The number of halogens is 1. The lowest BCUT2D eigenvalue weighted by Gasteiger charge is -2.30. The fraction of sp³-hybridized carbons (Fsp3) is 0.385. The van der Waals surface area contributed by atoms with Gasteiger partial charge in [0.15, 0.2) is 0 Å². The maximum absolute atomic E-state index is 9.70. The van der Waals surface area contributed by atoms with Crippen molar-refractivity contribution >= 4 is 11.6 Å². The lowest BCUT2D eigenvalue weighted by molar-refractivity contribution is 0.134. The first-order valence-electron chi connectivity index (χ1n) is 15.6. The highest BCUT2D eigenvalue weighted by atomic mass is 35.5. The van der Waals surface area contributed by atoms with Crippen LogP contribution >= 0.6 is 11.6 Å². The van der Waals surface area contributed by atoms with Gasteiger partial charge >= 0.3 is 0 Å². The highest BCUT2D eigenvalue weighted by Gasteiger charge is 2.25. The van der Waals surface area contributed by atoms with Crippen LogP contribution < -0.4 is 0 Å². The molecule has 0 aliphatic carbocycles. The zero-order chi connectivity index (χ0) is 29.7. The smallest absolute Gasteiger partial charge is 0.0716 e. The summed E-state index contributed by atoms with van der Waals surface area (Å²) in [6, 6.07) is 37.6. The molecule has 3 heteroatoms. The largest absolute Gasteiger partial charge is 0.392 e. The van der Waals surface area contributed by atoms with Crippen LogP contribution in [-0.4, -0.2) is 11.7 Å². The lowest BCUT2D eigenvalue weighted by atomic mass is 9.75. The van der Waals surface area contributed by atoms with Crippen LogP contribution in [0.1, 0.15) is 109 Å². The van der Waals surface area contributed by atoms with Gasteiger partial charge in [0.25, 0.3) is 0 Å². The van der Waals surface area contributed by atoms with Crippen LogP contribution in [0, 0.1) is 0 Å². The Bertz CT molecular complexity index is 1300. The summed E-state index contributed by atoms with van der Waals surface area (Å²) in [5, 5.41) is 9.70. The number of hydrogen-bond donors (Lipinski definition) is 1. The zero-order valence-corrected chi connectivity index (χ0v) is 26.3. The van der Waals surface area contributed by atoms with Gasteiger partial charge in [-0.2, -0.15) is 0 Å². The van der Waals surface area contributed by atoms with Crippen molar-refractivity contribution in [2.24, 2.45) is 0 Å². The summed E-state index contributed by atoms with van der Waals surface area (Å²) in [4.78, 5) is 0. The summed E-state index contributed by atoms with van der Waals surface area (Å²) in [5.74, 6) is 2.23. The van der Waals surface area contributed by atoms with Gasteiger partial charge in [-0.1, -0.05) is 117 Å². The molecule has 0 aliphatic heterocycles. The van der Waals surface area contributed by atoms with Crippen molar-refractivity contribution in [3.63, 3.8) is 0 Å². The van der Waals surface area contributed by atoms with E-state index in [0.717, 1.165) is 43.4 Å². The van der Waals surface area contributed by atoms with Crippen molar-refractivity contribution in [1.82, 2.24) is 0 Å². The van der Waals surface area contributed by atoms with Crippen LogP contribution in [0.25, 0.3) is 0 Å². The number of aliphatic hydroxyl groups is 1. The summed E-state index contributed by atoms with van der Waals surface area (Å²) >= 11 is 6.09. The number of aliphatic hydroxyl groups excluding tert-OH is 1. The molecule has 4 atom stereocenters. The monoisotopic (exact) mass is 582 g/mol. The number of hydrogen-bond acceptors (Lipinski definition) is 2. The molecular formula is C39H47ClO2. The van der Waals surface area contributed by atoms with E-state index in [0.29, 0.717) is 36.2 Å². The third-order valence-corrected chi connectivity index (χ3v) is 9.11. The summed E-state index contributed by atoms with van der Waals surface area (Å²) in [7, 11) is 0. The molecule has 0 amide bonds. The first-order valence-corrected chi connectivity index (χ1v) is 16.1. The van der Waals surface area contributed by atoms with E-state index in [1.165, 1.54) is 27.8 Å². The van der Waals surface area contributed by atoms with Crippen LogP contribution in [0.5, 0.6) is 0 Å². The third kappa shape index (κ3) is 9.04. The zero-order valence-electron chi connectivity index (χ0n) is 25.5. The molecule has 0 heterocycles. The number of ether oxygens (including phenoxy) is 1. The average molecular weight is 583 g/mol. The van der Waals surface area contributed by atoms with E-state index in [-0.39, 0.29) is 6.61 Å². The predicted octanol–water partition coefficient (Wildman–Crippen LogP) is 10.5. The van der Waals surface area contributed by atoms with Gasteiger partial charge in [-0.3, -0.25) is 0 Å². The van der Waals surface area contributed by atoms with Gasteiger partial charge in [0.05, 0.1) is 13.2 Å². The first kappa shape index (κ1) is 32.0. The van der Waals surface area contributed by atoms with Crippen LogP contribution in [0.4, 0.5) is 0 Å². The number of alkyl halides is 1. The summed E-state index contributed by atoms with van der Waals surface area (Å²) < 4.78 is 5.67. The van der Waals surface area contributed by atoms with E-state index in [1.54, 1.807) is 0 Å². The van der Waals surface area contributed by atoms with Crippen molar-refractivity contribution in [1.29, 1.82) is 0 Å². The molecule has 0 fully saturated rings. The Kier molecular flexibility index (Phi) is 12.7. The van der Waals surface area contributed by atoms with Crippen LogP contribution in [0.2, 0.25) is 0 Å². The molecule has 0 aromatic heterocycles. The van der Waals surface area contributed by atoms with Crippen molar-refractivity contribution in [2.45, 2.75) is 89.2 Å². The average Bonchev–Trinajstić information content (AvgIpc) is 3.06. The van der Waals surface area contributed by atoms with E-state index in [1.807, 2.05) is 6.92 Å². The minimum absolute atomic E-state index is 0.0702. The fourth-order valence-corrected chi connectivity index (χ4v) is 6.36. The van der Waals surface area contributed by atoms with Gasteiger partial charge in [-0.25, -0.2) is 0 Å². The molecule has 4 rings (SSSR count). The molecule has 0 spiro atoms.